The van der Waals surface area contributed by atoms with E-state index in [2.05, 4.69) is 138 Å². The Bertz CT molecular complexity index is 1110. The van der Waals surface area contributed by atoms with Gasteiger partial charge in [-0.1, -0.05) is 274 Å². The topological polar surface area (TPSA) is 0 Å². The van der Waals surface area contributed by atoms with E-state index in [9.17, 15) is 0 Å². The lowest BCUT2D eigenvalue weighted by Crippen LogP contribution is -2.26. The van der Waals surface area contributed by atoms with Crippen molar-refractivity contribution in [2.75, 3.05) is 0 Å². The first-order valence-electron chi connectivity index (χ1n) is 31.6. The largest absolute Gasteiger partial charge is 0.0776 e. The summed E-state index contributed by atoms with van der Waals surface area (Å²) in [5.74, 6) is 12.2. The summed E-state index contributed by atoms with van der Waals surface area (Å²) in [6.07, 6.45) is 47.6. The van der Waals surface area contributed by atoms with Gasteiger partial charge in [-0.2, -0.15) is 0 Å². The van der Waals surface area contributed by atoms with Gasteiger partial charge in [0.25, 0.3) is 0 Å². The van der Waals surface area contributed by atoms with Gasteiger partial charge in [0.1, 0.15) is 0 Å². The minimum atomic E-state index is 0. The van der Waals surface area contributed by atoms with Crippen molar-refractivity contribution in [1.82, 2.24) is 0 Å². The van der Waals surface area contributed by atoms with E-state index in [-0.39, 0.29) is 7.43 Å². The lowest BCUT2D eigenvalue weighted by molar-refractivity contribution is 0.141. The highest BCUT2D eigenvalue weighted by Gasteiger charge is 2.33. The predicted octanol–water partition coefficient (Wildman–Crippen LogP) is 24.9. The molecule has 0 unspecified atom stereocenters. The molecule has 0 N–H and O–H groups in total. The zero-order chi connectivity index (χ0) is 51.6. The number of hydrogen-bond acceptors (Lipinski definition) is 0. The third-order valence-electron chi connectivity index (χ3n) is 17.9. The highest BCUT2D eigenvalue weighted by atomic mass is 14.4. The first kappa shape index (κ1) is 69.0. The number of hydrogen-bond donors (Lipinski definition) is 0. The van der Waals surface area contributed by atoms with Crippen LogP contribution in [0.2, 0.25) is 0 Å². The molecule has 0 heterocycles. The molecule has 0 saturated heterocycles. The van der Waals surface area contributed by atoms with Gasteiger partial charge in [0.2, 0.25) is 0 Å². The molecule has 0 aromatic rings. The predicted molar refractivity (Wildman–Crippen MR) is 320 cm³/mol. The van der Waals surface area contributed by atoms with E-state index >= 15 is 0 Å². The van der Waals surface area contributed by atoms with Crippen LogP contribution in [0.3, 0.4) is 0 Å². The van der Waals surface area contributed by atoms with Crippen molar-refractivity contribution >= 4 is 0 Å². The normalized spacial score (nSPS) is 21.9. The molecule has 0 aliphatic heterocycles. The second-order valence-corrected chi connectivity index (χ2v) is 31.1. The maximum atomic E-state index is 2.38. The van der Waals surface area contributed by atoms with Gasteiger partial charge in [0.15, 0.2) is 0 Å². The molecule has 8 rings (SSSR count). The van der Waals surface area contributed by atoms with E-state index in [1.807, 2.05) is 0 Å². The van der Waals surface area contributed by atoms with E-state index in [1.54, 1.807) is 0 Å². The Morgan fingerprint density at radius 2 is 0.406 bits per heavy atom. The first-order chi connectivity index (χ1) is 31.6. The van der Waals surface area contributed by atoms with Crippen LogP contribution in [0, 0.1) is 92.7 Å². The third-order valence-corrected chi connectivity index (χ3v) is 17.9. The number of rotatable bonds is 8. The molecule has 8 fully saturated rings. The SMILES string of the molecule is C.CC(C)(C)C1CC1.CC(C)(C)C1CCC1.CC(C)(C)C1CCCC1.CC(C)(C)C1CCCCC1.CC(C)CC1CC1.CC(C)CC1CCC1.CC(C)CC1CCCC1.CC(C)CC1CCCCC1. The highest BCUT2D eigenvalue weighted by Crippen LogP contribution is 2.45. The minimum Gasteiger partial charge on any atom is -0.0776 e. The van der Waals surface area contributed by atoms with Gasteiger partial charge in [-0.3, -0.25) is 0 Å². The van der Waals surface area contributed by atoms with Gasteiger partial charge in [0, 0.05) is 0 Å². The van der Waals surface area contributed by atoms with Gasteiger partial charge in [0.05, 0.1) is 0 Å². The summed E-state index contributed by atoms with van der Waals surface area (Å²) in [6.45, 7) is 46.8. The zero-order valence-corrected chi connectivity index (χ0v) is 51.6. The summed E-state index contributed by atoms with van der Waals surface area (Å²) >= 11 is 0. The molecule has 0 aromatic carbocycles. The second kappa shape index (κ2) is 36.1. The summed E-state index contributed by atoms with van der Waals surface area (Å²) in [6, 6.07) is 0. The van der Waals surface area contributed by atoms with Crippen molar-refractivity contribution in [1.29, 1.82) is 0 Å². The molecule has 0 bridgehead atoms. The molecule has 8 aliphatic carbocycles. The van der Waals surface area contributed by atoms with Crippen LogP contribution in [-0.4, -0.2) is 0 Å². The molecule has 0 heteroatoms. The Labute approximate surface area is 442 Å². The zero-order valence-electron chi connectivity index (χ0n) is 51.6. The highest BCUT2D eigenvalue weighted by molar-refractivity contribution is 4.84. The molecule has 0 aromatic heterocycles. The van der Waals surface area contributed by atoms with Crippen LogP contribution in [0.4, 0.5) is 0 Å². The van der Waals surface area contributed by atoms with Crippen molar-refractivity contribution in [2.24, 2.45) is 92.7 Å². The monoisotopic (exact) mass is 969 g/mol. The first-order valence-corrected chi connectivity index (χ1v) is 31.6. The molecule has 8 aliphatic rings. The summed E-state index contributed by atoms with van der Waals surface area (Å²) in [5, 5.41) is 0. The van der Waals surface area contributed by atoms with Gasteiger partial charge < -0.3 is 0 Å². The Balaban J connectivity index is 0.000000766. The van der Waals surface area contributed by atoms with E-state index < -0.39 is 0 Å². The van der Waals surface area contributed by atoms with Crippen LogP contribution in [0.5, 0.6) is 0 Å². The summed E-state index contributed by atoms with van der Waals surface area (Å²) in [4.78, 5) is 0. The van der Waals surface area contributed by atoms with E-state index in [1.165, 1.54) is 205 Å². The van der Waals surface area contributed by atoms with Gasteiger partial charge in [-0.15, -0.1) is 0 Å². The van der Waals surface area contributed by atoms with E-state index in [0.29, 0.717) is 21.7 Å². The van der Waals surface area contributed by atoms with Crippen LogP contribution >= 0.6 is 0 Å². The summed E-state index contributed by atoms with van der Waals surface area (Å²) < 4.78 is 0. The average molecular weight is 970 g/mol. The minimum absolute atomic E-state index is 0. The van der Waals surface area contributed by atoms with Crippen molar-refractivity contribution in [3.8, 4) is 0 Å². The average Bonchev–Trinajstić information content (AvgIpc) is 4.09. The second-order valence-electron chi connectivity index (χ2n) is 31.1. The van der Waals surface area contributed by atoms with Crippen LogP contribution in [0.25, 0.3) is 0 Å². The molecule has 0 amide bonds. The quantitative estimate of drug-likeness (QED) is 0.227. The molecule has 0 radical (unpaired) electrons. The van der Waals surface area contributed by atoms with Gasteiger partial charge >= 0.3 is 0 Å². The van der Waals surface area contributed by atoms with Crippen molar-refractivity contribution in [3.05, 3.63) is 0 Å². The smallest absolute Gasteiger partial charge is 0.0354 e. The van der Waals surface area contributed by atoms with Crippen molar-refractivity contribution in [2.45, 2.75) is 351 Å². The molecule has 69 heavy (non-hydrogen) atoms. The van der Waals surface area contributed by atoms with Gasteiger partial charge in [-0.05, 0) is 170 Å². The molecular formula is C69H140. The molecule has 8 saturated carbocycles. The van der Waals surface area contributed by atoms with E-state index in [4.69, 9.17) is 0 Å². The lowest BCUT2D eigenvalue weighted by Gasteiger charge is -2.37. The third kappa shape index (κ3) is 38.2. The Kier molecular flexibility index (Phi) is 36.1. The summed E-state index contributed by atoms with van der Waals surface area (Å²) in [7, 11) is 0. The maximum absolute atomic E-state index is 2.38. The van der Waals surface area contributed by atoms with E-state index in [0.717, 1.165) is 71.0 Å². The lowest BCUT2D eigenvalue weighted by atomic mass is 9.69. The van der Waals surface area contributed by atoms with Crippen LogP contribution < -0.4 is 0 Å². The molecule has 0 nitrogen and oxygen atoms in total. The Morgan fingerprint density at radius 1 is 0.232 bits per heavy atom. The molecule has 0 spiro atoms. The van der Waals surface area contributed by atoms with Crippen LogP contribution in [-0.2, 0) is 0 Å². The van der Waals surface area contributed by atoms with Crippen molar-refractivity contribution < 1.29 is 0 Å². The Morgan fingerprint density at radius 3 is 0.551 bits per heavy atom. The standard InChI is InChI=1S/2C10H20.2C9H18.2C8H16.2C7H14.CH4/c1-10(2,3)9-7-5-4-6-8-9;1-9(2)8-10-6-4-3-5-7-10;1-9(2,3)8-6-4-5-7-8;1-8(2)7-9-5-3-4-6-9;1-8(2,3)7-5-4-6-7;1-7(2)6-8-4-3-5-8;1-7(2,3)6-4-5-6;1-6(2)5-7-3-4-7;/h9H,4-8H2,1-3H3;9-10H,3-8H2,1-2H3;8H,4-7H2,1-3H3;8-9H,3-7H2,1-2H3;7H,4-6H2,1-3H3;7-8H,3-6H2,1-2H3;6H,4-5H2,1-3H3;6-7H,3-5H2,1-2H3;1H4. The van der Waals surface area contributed by atoms with Crippen LogP contribution in [0.15, 0.2) is 0 Å². The molecule has 416 valence electrons. The van der Waals surface area contributed by atoms with Crippen LogP contribution in [0.1, 0.15) is 351 Å². The van der Waals surface area contributed by atoms with Crippen molar-refractivity contribution in [3.63, 3.8) is 0 Å². The van der Waals surface area contributed by atoms with Gasteiger partial charge in [-0.25, -0.2) is 0 Å². The maximum Gasteiger partial charge on any atom is -0.0354 e. The fraction of sp³-hybridized carbons (Fsp3) is 1.00. The molecule has 0 atom stereocenters. The Hall–Kier alpha value is 0. The molecular weight excluding hydrogens is 829 g/mol. The fourth-order valence-electron chi connectivity index (χ4n) is 12.4. The summed E-state index contributed by atoms with van der Waals surface area (Å²) in [5.41, 5.74) is 2.36. The fourth-order valence-corrected chi connectivity index (χ4v) is 12.4.